The highest BCUT2D eigenvalue weighted by atomic mass is 79.9. The van der Waals surface area contributed by atoms with Gasteiger partial charge in [-0.15, -0.1) is 5.10 Å². The van der Waals surface area contributed by atoms with Gasteiger partial charge in [0.25, 0.3) is 0 Å². The number of nitrogens with two attached hydrogens (primary N) is 2. The molecule has 0 unspecified atom stereocenters. The lowest BCUT2D eigenvalue weighted by molar-refractivity contribution is -0.0499. The van der Waals surface area contributed by atoms with Crippen LogP contribution in [-0.4, -0.2) is 18.8 Å². The fourth-order valence-electron chi connectivity index (χ4n) is 0.995. The van der Waals surface area contributed by atoms with Gasteiger partial charge in [-0.2, -0.15) is 13.9 Å². The SMILES string of the molecule is NC(N)=NN=Cc1c(Br)cccc1OC(F)F. The molecule has 4 N–H and O–H groups in total. The Bertz CT molecular complexity index is 447. The van der Waals surface area contributed by atoms with Crippen molar-refractivity contribution in [1.82, 2.24) is 0 Å². The van der Waals surface area contributed by atoms with Crippen LogP contribution in [0.5, 0.6) is 5.75 Å². The van der Waals surface area contributed by atoms with Gasteiger partial charge in [0.15, 0.2) is 0 Å². The van der Waals surface area contributed by atoms with Crippen molar-refractivity contribution in [2.75, 3.05) is 0 Å². The van der Waals surface area contributed by atoms with Crippen molar-refractivity contribution in [2.24, 2.45) is 21.7 Å². The van der Waals surface area contributed by atoms with Crippen LogP contribution in [0.1, 0.15) is 5.56 Å². The van der Waals surface area contributed by atoms with Gasteiger partial charge in [-0.1, -0.05) is 6.07 Å². The molecule has 1 aromatic rings. The molecule has 17 heavy (non-hydrogen) atoms. The average Bonchev–Trinajstić information content (AvgIpc) is 2.21. The Morgan fingerprint density at radius 3 is 2.71 bits per heavy atom. The van der Waals surface area contributed by atoms with E-state index in [2.05, 4.69) is 30.9 Å². The third kappa shape index (κ3) is 4.35. The van der Waals surface area contributed by atoms with E-state index in [1.165, 1.54) is 12.3 Å². The Hall–Kier alpha value is -1.70. The first-order valence-corrected chi connectivity index (χ1v) is 5.15. The number of alkyl halides is 2. The summed E-state index contributed by atoms with van der Waals surface area (Å²) in [6, 6.07) is 4.59. The molecule has 92 valence electrons. The summed E-state index contributed by atoms with van der Waals surface area (Å²) >= 11 is 3.18. The molecule has 0 atom stereocenters. The van der Waals surface area contributed by atoms with Gasteiger partial charge in [-0.25, -0.2) is 0 Å². The highest BCUT2D eigenvalue weighted by Gasteiger charge is 2.10. The topological polar surface area (TPSA) is 86.0 Å². The zero-order chi connectivity index (χ0) is 12.8. The number of halogens is 3. The summed E-state index contributed by atoms with van der Waals surface area (Å²) in [5, 5.41) is 6.89. The molecule has 0 fully saturated rings. The van der Waals surface area contributed by atoms with Crippen molar-refractivity contribution in [3.8, 4) is 5.75 Å². The molecule has 0 amide bonds. The Kier molecular flexibility index (Phi) is 4.83. The molecular formula is C9H9BrF2N4O. The Balaban J connectivity index is 3.03. The predicted molar refractivity (Wildman–Crippen MR) is 64.2 cm³/mol. The summed E-state index contributed by atoms with van der Waals surface area (Å²) in [4.78, 5) is 0. The summed E-state index contributed by atoms with van der Waals surface area (Å²) in [7, 11) is 0. The van der Waals surface area contributed by atoms with Gasteiger partial charge >= 0.3 is 6.61 Å². The van der Waals surface area contributed by atoms with Crippen LogP contribution in [0.3, 0.4) is 0 Å². The number of hydrogen-bond acceptors (Lipinski definition) is 3. The molecule has 0 radical (unpaired) electrons. The fraction of sp³-hybridized carbons (Fsp3) is 0.111. The van der Waals surface area contributed by atoms with Gasteiger partial charge < -0.3 is 16.2 Å². The third-order valence-corrected chi connectivity index (χ3v) is 2.28. The normalized spacial score (nSPS) is 10.8. The molecule has 0 aliphatic heterocycles. The maximum Gasteiger partial charge on any atom is 0.387 e. The summed E-state index contributed by atoms with van der Waals surface area (Å²) in [6.07, 6.45) is 1.21. The van der Waals surface area contributed by atoms with Crippen LogP contribution < -0.4 is 16.2 Å². The first kappa shape index (κ1) is 13.4. The molecule has 0 aliphatic rings. The number of nitrogens with zero attached hydrogens (tertiary/aromatic N) is 2. The zero-order valence-corrected chi connectivity index (χ0v) is 10.1. The Labute approximate surface area is 104 Å². The highest BCUT2D eigenvalue weighted by Crippen LogP contribution is 2.26. The lowest BCUT2D eigenvalue weighted by Gasteiger charge is -2.08. The van der Waals surface area contributed by atoms with Crippen molar-refractivity contribution in [2.45, 2.75) is 6.61 Å². The highest BCUT2D eigenvalue weighted by molar-refractivity contribution is 9.10. The van der Waals surface area contributed by atoms with Crippen molar-refractivity contribution < 1.29 is 13.5 Å². The number of ether oxygens (including phenoxy) is 1. The van der Waals surface area contributed by atoms with Crippen LogP contribution in [0.4, 0.5) is 8.78 Å². The van der Waals surface area contributed by atoms with Crippen LogP contribution in [0.2, 0.25) is 0 Å². The molecule has 0 heterocycles. The lowest BCUT2D eigenvalue weighted by Crippen LogP contribution is -2.21. The molecule has 0 aliphatic carbocycles. The van der Waals surface area contributed by atoms with Crippen molar-refractivity contribution in [1.29, 1.82) is 0 Å². The molecule has 0 aromatic heterocycles. The predicted octanol–water partition coefficient (Wildman–Crippen LogP) is 1.66. The molecule has 0 bridgehead atoms. The van der Waals surface area contributed by atoms with E-state index < -0.39 is 6.61 Å². The van der Waals surface area contributed by atoms with E-state index in [0.29, 0.717) is 10.0 Å². The van der Waals surface area contributed by atoms with Gasteiger partial charge in [0.1, 0.15) is 5.75 Å². The molecule has 5 nitrogen and oxygen atoms in total. The van der Waals surface area contributed by atoms with E-state index in [-0.39, 0.29) is 11.7 Å². The Morgan fingerprint density at radius 2 is 2.12 bits per heavy atom. The molecule has 1 aromatic carbocycles. The lowest BCUT2D eigenvalue weighted by atomic mass is 10.2. The van der Waals surface area contributed by atoms with Crippen LogP contribution >= 0.6 is 15.9 Å². The van der Waals surface area contributed by atoms with Gasteiger partial charge in [0.05, 0.1) is 11.8 Å². The van der Waals surface area contributed by atoms with E-state index in [1.54, 1.807) is 12.1 Å². The van der Waals surface area contributed by atoms with Gasteiger partial charge in [-0.05, 0) is 28.1 Å². The number of guanidine groups is 1. The summed E-state index contributed by atoms with van der Waals surface area (Å²) in [6.45, 7) is -2.92. The minimum Gasteiger partial charge on any atom is -0.434 e. The first-order valence-electron chi connectivity index (χ1n) is 4.36. The smallest absolute Gasteiger partial charge is 0.387 e. The minimum absolute atomic E-state index is 0.0242. The summed E-state index contributed by atoms with van der Waals surface area (Å²) in [5.74, 6) is -0.256. The molecular weight excluding hydrogens is 298 g/mol. The maximum atomic E-state index is 12.1. The quantitative estimate of drug-likeness (QED) is 0.504. The molecule has 0 spiro atoms. The van der Waals surface area contributed by atoms with Gasteiger partial charge in [-0.3, -0.25) is 0 Å². The fourth-order valence-corrected chi connectivity index (χ4v) is 1.44. The van der Waals surface area contributed by atoms with E-state index in [1.807, 2.05) is 0 Å². The van der Waals surface area contributed by atoms with E-state index in [4.69, 9.17) is 11.5 Å². The second-order valence-electron chi connectivity index (χ2n) is 2.80. The van der Waals surface area contributed by atoms with Crippen LogP contribution in [0, 0.1) is 0 Å². The van der Waals surface area contributed by atoms with Crippen molar-refractivity contribution in [3.05, 3.63) is 28.2 Å². The number of hydrogen-bond donors (Lipinski definition) is 2. The maximum absolute atomic E-state index is 12.1. The van der Waals surface area contributed by atoms with Crippen LogP contribution in [0.15, 0.2) is 32.9 Å². The first-order chi connectivity index (χ1) is 8.00. The minimum atomic E-state index is -2.92. The zero-order valence-electron chi connectivity index (χ0n) is 8.48. The second kappa shape index (κ2) is 6.14. The average molecular weight is 307 g/mol. The number of benzene rings is 1. The molecule has 1 rings (SSSR count). The van der Waals surface area contributed by atoms with E-state index in [9.17, 15) is 8.78 Å². The van der Waals surface area contributed by atoms with Crippen molar-refractivity contribution >= 4 is 28.1 Å². The largest absolute Gasteiger partial charge is 0.434 e. The standard InChI is InChI=1S/C9H9BrF2N4O/c10-6-2-1-3-7(17-8(11)12)5(6)4-15-16-9(13)14/h1-4,8H,(H4,13,14,16). The van der Waals surface area contributed by atoms with E-state index >= 15 is 0 Å². The molecule has 0 saturated heterocycles. The summed E-state index contributed by atoms with van der Waals surface area (Å²) < 4.78 is 29.1. The summed E-state index contributed by atoms with van der Waals surface area (Å²) in [5.41, 5.74) is 10.4. The second-order valence-corrected chi connectivity index (χ2v) is 3.65. The van der Waals surface area contributed by atoms with Crippen LogP contribution in [-0.2, 0) is 0 Å². The van der Waals surface area contributed by atoms with Crippen LogP contribution in [0.25, 0.3) is 0 Å². The van der Waals surface area contributed by atoms with Crippen molar-refractivity contribution in [3.63, 3.8) is 0 Å². The van der Waals surface area contributed by atoms with Gasteiger partial charge in [0.2, 0.25) is 5.96 Å². The molecule has 8 heteroatoms. The number of rotatable bonds is 4. The monoisotopic (exact) mass is 306 g/mol. The third-order valence-electron chi connectivity index (χ3n) is 1.59. The van der Waals surface area contributed by atoms with E-state index in [0.717, 1.165) is 0 Å². The molecule has 0 saturated carbocycles. The Morgan fingerprint density at radius 1 is 1.41 bits per heavy atom. The van der Waals surface area contributed by atoms with Gasteiger partial charge in [0, 0.05) is 4.47 Å².